The first-order chi connectivity index (χ1) is 6.59. The highest BCUT2D eigenvalue weighted by Gasteiger charge is 2.31. The van der Waals surface area contributed by atoms with Gasteiger partial charge in [0.2, 0.25) is 5.91 Å². The van der Waals surface area contributed by atoms with E-state index in [-0.39, 0.29) is 17.4 Å². The van der Waals surface area contributed by atoms with Crippen LogP contribution in [0.1, 0.15) is 40.0 Å². The molecule has 0 saturated carbocycles. The summed E-state index contributed by atoms with van der Waals surface area (Å²) < 4.78 is 0. The fourth-order valence-electron chi connectivity index (χ4n) is 1.87. The average Bonchev–Trinajstić information content (AvgIpc) is 2.19. The molecule has 14 heavy (non-hydrogen) atoms. The first kappa shape index (κ1) is 11.5. The lowest BCUT2D eigenvalue weighted by Crippen LogP contribution is -2.58. The molecule has 0 aromatic rings. The number of hydrogen-bond acceptors (Lipinski definition) is 2. The second-order valence-electron chi connectivity index (χ2n) is 4.56. The van der Waals surface area contributed by atoms with Crippen LogP contribution in [0.25, 0.3) is 0 Å². The predicted molar refractivity (Wildman–Crippen MR) is 58.1 cm³/mol. The molecule has 0 spiro atoms. The summed E-state index contributed by atoms with van der Waals surface area (Å²) in [7, 11) is 0. The Kier molecular flexibility index (Phi) is 3.93. The summed E-state index contributed by atoms with van der Waals surface area (Å²) in [5.41, 5.74) is 0.0135. The molecule has 1 amide bonds. The molecule has 0 bridgehead atoms. The molecular weight excluding hydrogens is 176 g/mol. The SMILES string of the molecule is CCC1(NC(=O)C(C)C)CCCNC1. The van der Waals surface area contributed by atoms with Crippen molar-refractivity contribution in [1.29, 1.82) is 0 Å². The van der Waals surface area contributed by atoms with Gasteiger partial charge in [-0.15, -0.1) is 0 Å². The van der Waals surface area contributed by atoms with Crippen molar-refractivity contribution in [3.63, 3.8) is 0 Å². The molecule has 1 rings (SSSR count). The molecule has 1 aliphatic rings. The first-order valence-corrected chi connectivity index (χ1v) is 5.62. The number of nitrogens with one attached hydrogen (secondary N) is 2. The van der Waals surface area contributed by atoms with Gasteiger partial charge in [-0.05, 0) is 25.8 Å². The number of hydrogen-bond donors (Lipinski definition) is 2. The number of carbonyl (C=O) groups is 1. The van der Waals surface area contributed by atoms with Crippen LogP contribution in [-0.2, 0) is 4.79 Å². The normalized spacial score (nSPS) is 27.7. The standard InChI is InChI=1S/C11H22N2O/c1-4-11(6-5-7-12-8-11)13-10(14)9(2)3/h9,12H,4-8H2,1-3H3,(H,13,14). The van der Waals surface area contributed by atoms with E-state index in [1.807, 2.05) is 13.8 Å². The van der Waals surface area contributed by atoms with Gasteiger partial charge in [0.1, 0.15) is 0 Å². The largest absolute Gasteiger partial charge is 0.349 e. The van der Waals surface area contributed by atoms with Crippen molar-refractivity contribution in [3.8, 4) is 0 Å². The highest BCUT2D eigenvalue weighted by atomic mass is 16.2. The predicted octanol–water partition coefficient (Wildman–Crippen LogP) is 1.29. The minimum Gasteiger partial charge on any atom is -0.349 e. The molecule has 1 heterocycles. The van der Waals surface area contributed by atoms with E-state index in [9.17, 15) is 4.79 Å². The van der Waals surface area contributed by atoms with Crippen LogP contribution in [0.3, 0.4) is 0 Å². The van der Waals surface area contributed by atoms with E-state index in [0.29, 0.717) is 0 Å². The van der Waals surface area contributed by atoms with Gasteiger partial charge in [0.25, 0.3) is 0 Å². The molecule has 0 aromatic heterocycles. The Bertz CT molecular complexity index is 195. The Morgan fingerprint density at radius 1 is 1.57 bits per heavy atom. The fourth-order valence-corrected chi connectivity index (χ4v) is 1.87. The van der Waals surface area contributed by atoms with Gasteiger partial charge in [-0.25, -0.2) is 0 Å². The van der Waals surface area contributed by atoms with Crippen LogP contribution in [-0.4, -0.2) is 24.5 Å². The molecule has 2 N–H and O–H groups in total. The van der Waals surface area contributed by atoms with E-state index in [1.165, 1.54) is 0 Å². The zero-order valence-corrected chi connectivity index (χ0v) is 9.52. The van der Waals surface area contributed by atoms with Crippen LogP contribution in [0.2, 0.25) is 0 Å². The maximum absolute atomic E-state index is 11.6. The number of carbonyl (C=O) groups excluding carboxylic acids is 1. The summed E-state index contributed by atoms with van der Waals surface area (Å²) in [4.78, 5) is 11.6. The van der Waals surface area contributed by atoms with Crippen molar-refractivity contribution in [2.75, 3.05) is 13.1 Å². The van der Waals surface area contributed by atoms with Gasteiger partial charge in [-0.1, -0.05) is 20.8 Å². The van der Waals surface area contributed by atoms with Gasteiger partial charge in [0, 0.05) is 12.5 Å². The zero-order valence-electron chi connectivity index (χ0n) is 9.52. The van der Waals surface area contributed by atoms with E-state index < -0.39 is 0 Å². The summed E-state index contributed by atoms with van der Waals surface area (Å²) in [6, 6.07) is 0. The first-order valence-electron chi connectivity index (χ1n) is 5.62. The molecule has 1 unspecified atom stereocenters. The Labute approximate surface area is 86.6 Å². The maximum Gasteiger partial charge on any atom is 0.223 e. The van der Waals surface area contributed by atoms with Crippen molar-refractivity contribution in [3.05, 3.63) is 0 Å². The fraction of sp³-hybridized carbons (Fsp3) is 0.909. The Morgan fingerprint density at radius 2 is 2.29 bits per heavy atom. The van der Waals surface area contributed by atoms with Crippen molar-refractivity contribution in [2.45, 2.75) is 45.6 Å². The molecule has 1 saturated heterocycles. The van der Waals surface area contributed by atoms with Gasteiger partial charge < -0.3 is 10.6 Å². The van der Waals surface area contributed by atoms with E-state index >= 15 is 0 Å². The highest BCUT2D eigenvalue weighted by Crippen LogP contribution is 2.20. The van der Waals surface area contributed by atoms with Gasteiger partial charge >= 0.3 is 0 Å². The number of amides is 1. The van der Waals surface area contributed by atoms with Crippen molar-refractivity contribution >= 4 is 5.91 Å². The second kappa shape index (κ2) is 4.78. The van der Waals surface area contributed by atoms with Crippen LogP contribution in [0, 0.1) is 5.92 Å². The monoisotopic (exact) mass is 198 g/mol. The molecule has 3 heteroatoms. The van der Waals surface area contributed by atoms with Gasteiger partial charge in [0.05, 0.1) is 5.54 Å². The highest BCUT2D eigenvalue weighted by molar-refractivity contribution is 5.78. The van der Waals surface area contributed by atoms with E-state index in [1.54, 1.807) is 0 Å². The quantitative estimate of drug-likeness (QED) is 0.717. The zero-order chi connectivity index (χ0) is 10.6. The summed E-state index contributed by atoms with van der Waals surface area (Å²) in [6.07, 6.45) is 3.28. The van der Waals surface area contributed by atoms with Crippen LogP contribution < -0.4 is 10.6 Å². The summed E-state index contributed by atoms with van der Waals surface area (Å²) in [6.45, 7) is 8.03. The third-order valence-electron chi connectivity index (χ3n) is 3.06. The molecule has 3 nitrogen and oxygen atoms in total. The third-order valence-corrected chi connectivity index (χ3v) is 3.06. The topological polar surface area (TPSA) is 41.1 Å². The van der Waals surface area contributed by atoms with Crippen molar-refractivity contribution < 1.29 is 4.79 Å². The van der Waals surface area contributed by atoms with Crippen LogP contribution in [0.15, 0.2) is 0 Å². The Balaban J connectivity index is 2.56. The lowest BCUT2D eigenvalue weighted by molar-refractivity contribution is -0.126. The molecule has 1 atom stereocenters. The van der Waals surface area contributed by atoms with Crippen LogP contribution in [0.4, 0.5) is 0 Å². The van der Waals surface area contributed by atoms with Gasteiger partial charge in [-0.3, -0.25) is 4.79 Å². The van der Waals surface area contributed by atoms with Crippen LogP contribution in [0.5, 0.6) is 0 Å². The molecule has 0 aliphatic carbocycles. The summed E-state index contributed by atoms with van der Waals surface area (Å²) in [5, 5.41) is 6.54. The van der Waals surface area contributed by atoms with E-state index in [2.05, 4.69) is 17.6 Å². The Morgan fingerprint density at radius 3 is 2.71 bits per heavy atom. The average molecular weight is 198 g/mol. The molecule has 1 aliphatic heterocycles. The number of piperidine rings is 1. The van der Waals surface area contributed by atoms with Crippen LogP contribution >= 0.6 is 0 Å². The van der Waals surface area contributed by atoms with Gasteiger partial charge in [0.15, 0.2) is 0 Å². The van der Waals surface area contributed by atoms with Gasteiger partial charge in [-0.2, -0.15) is 0 Å². The van der Waals surface area contributed by atoms with Crippen molar-refractivity contribution in [1.82, 2.24) is 10.6 Å². The molecule has 1 fully saturated rings. The lowest BCUT2D eigenvalue weighted by Gasteiger charge is -2.38. The summed E-state index contributed by atoms with van der Waals surface area (Å²) in [5.74, 6) is 0.260. The maximum atomic E-state index is 11.6. The minimum atomic E-state index is 0.0135. The number of rotatable bonds is 3. The van der Waals surface area contributed by atoms with E-state index in [0.717, 1.165) is 32.4 Å². The molecule has 0 radical (unpaired) electrons. The van der Waals surface area contributed by atoms with Crippen molar-refractivity contribution in [2.24, 2.45) is 5.92 Å². The minimum absolute atomic E-state index is 0.0135. The van der Waals surface area contributed by atoms with E-state index in [4.69, 9.17) is 0 Å². The third kappa shape index (κ3) is 2.71. The molecule has 0 aromatic carbocycles. The lowest BCUT2D eigenvalue weighted by atomic mass is 9.87. The smallest absolute Gasteiger partial charge is 0.223 e. The Hall–Kier alpha value is -0.570. The second-order valence-corrected chi connectivity index (χ2v) is 4.56. The molecule has 82 valence electrons. The summed E-state index contributed by atoms with van der Waals surface area (Å²) >= 11 is 0. The molecular formula is C11H22N2O.